The van der Waals surface area contributed by atoms with E-state index >= 15 is 0 Å². The smallest absolute Gasteiger partial charge is 0.214 e. The van der Waals surface area contributed by atoms with E-state index in [2.05, 4.69) is 4.98 Å². The van der Waals surface area contributed by atoms with Crippen molar-refractivity contribution in [3.05, 3.63) is 40.9 Å². The summed E-state index contributed by atoms with van der Waals surface area (Å²) in [5.74, 6) is 1.37. The highest BCUT2D eigenvalue weighted by molar-refractivity contribution is 6.33. The Labute approximate surface area is 117 Å². The number of nitrogens with zero attached hydrogens (tertiary/aromatic N) is 2. The minimum absolute atomic E-state index is 0.0513. The molecule has 2 aromatic rings. The van der Waals surface area contributed by atoms with Crippen LogP contribution in [0.2, 0.25) is 0 Å². The molecular weight excluding hydrogens is 264 g/mol. The van der Waals surface area contributed by atoms with Crippen molar-refractivity contribution >= 4 is 17.4 Å². The molecule has 1 unspecified atom stereocenters. The van der Waals surface area contributed by atoms with Crippen LogP contribution < -0.4 is 0 Å². The van der Waals surface area contributed by atoms with Gasteiger partial charge in [-0.15, -0.1) is 11.6 Å². The Morgan fingerprint density at radius 2 is 2.16 bits per heavy atom. The first kappa shape index (κ1) is 13.9. The topological polar surface area (TPSA) is 48.0 Å². The van der Waals surface area contributed by atoms with Crippen molar-refractivity contribution in [3.8, 4) is 0 Å². The molecule has 0 bridgehead atoms. The molecule has 5 heteroatoms. The molecule has 1 atom stereocenters. The first-order chi connectivity index (χ1) is 8.90. The molecule has 2 heterocycles. The molecule has 0 radical (unpaired) electrons. The Bertz CT molecular complexity index is 611. The van der Waals surface area contributed by atoms with Gasteiger partial charge in [0.05, 0.1) is 18.1 Å². The predicted octanol–water partition coefficient (Wildman–Crippen LogP) is 3.26. The van der Waals surface area contributed by atoms with Gasteiger partial charge < -0.3 is 8.98 Å². The lowest BCUT2D eigenvalue weighted by atomic mass is 10.1. The summed E-state index contributed by atoms with van der Waals surface area (Å²) in [6, 6.07) is 1.87. The number of ketones is 1. The van der Waals surface area contributed by atoms with E-state index in [1.54, 1.807) is 13.1 Å². The Hall–Kier alpha value is -1.55. The summed E-state index contributed by atoms with van der Waals surface area (Å²) in [5, 5.41) is -0.516. The van der Waals surface area contributed by atoms with Crippen molar-refractivity contribution in [3.63, 3.8) is 0 Å². The average Bonchev–Trinajstić information content (AvgIpc) is 2.87. The van der Waals surface area contributed by atoms with Crippen LogP contribution in [0.1, 0.15) is 40.3 Å². The summed E-state index contributed by atoms with van der Waals surface area (Å²) in [6.07, 6.45) is 1.69. The second-order valence-electron chi connectivity index (χ2n) is 4.72. The van der Waals surface area contributed by atoms with Crippen molar-refractivity contribution in [2.75, 3.05) is 0 Å². The SMILES string of the molecule is Cc1cnc(Cn2c(C)cc(C(=O)C(C)Cl)c2C)o1. The minimum Gasteiger partial charge on any atom is -0.444 e. The number of carbonyl (C=O) groups excluding carboxylic acids is 1. The average molecular weight is 281 g/mol. The fourth-order valence-electron chi connectivity index (χ4n) is 2.12. The minimum atomic E-state index is -0.516. The number of hydrogen-bond acceptors (Lipinski definition) is 3. The zero-order chi connectivity index (χ0) is 14.2. The third kappa shape index (κ3) is 2.73. The normalized spacial score (nSPS) is 12.7. The molecule has 0 aliphatic rings. The van der Waals surface area contributed by atoms with Crippen LogP contribution in [0.4, 0.5) is 0 Å². The molecule has 102 valence electrons. The Kier molecular flexibility index (Phi) is 3.80. The number of Topliss-reactive ketones (excluding diaryl/α,β-unsaturated/α-hetero) is 1. The number of hydrogen-bond donors (Lipinski definition) is 0. The second kappa shape index (κ2) is 5.21. The van der Waals surface area contributed by atoms with Crippen LogP contribution in [0.15, 0.2) is 16.7 Å². The molecule has 19 heavy (non-hydrogen) atoms. The maximum absolute atomic E-state index is 12.0. The van der Waals surface area contributed by atoms with Crippen molar-refractivity contribution in [2.45, 2.75) is 39.6 Å². The van der Waals surface area contributed by atoms with Crippen LogP contribution in [0.5, 0.6) is 0 Å². The van der Waals surface area contributed by atoms with Crippen LogP contribution in [-0.2, 0) is 6.54 Å². The van der Waals surface area contributed by atoms with E-state index in [9.17, 15) is 4.79 Å². The van der Waals surface area contributed by atoms with Crippen LogP contribution in [0.25, 0.3) is 0 Å². The van der Waals surface area contributed by atoms with Crippen molar-refractivity contribution in [2.24, 2.45) is 0 Å². The van der Waals surface area contributed by atoms with Crippen molar-refractivity contribution in [1.29, 1.82) is 0 Å². The molecule has 0 N–H and O–H groups in total. The molecule has 4 nitrogen and oxygen atoms in total. The lowest BCUT2D eigenvalue weighted by Gasteiger charge is -2.07. The largest absolute Gasteiger partial charge is 0.444 e. The second-order valence-corrected chi connectivity index (χ2v) is 5.37. The van der Waals surface area contributed by atoms with E-state index in [4.69, 9.17) is 16.0 Å². The maximum atomic E-state index is 12.0. The van der Waals surface area contributed by atoms with Gasteiger partial charge >= 0.3 is 0 Å². The van der Waals surface area contributed by atoms with Gasteiger partial charge in [0.1, 0.15) is 5.76 Å². The van der Waals surface area contributed by atoms with Gasteiger partial charge in [-0.2, -0.15) is 0 Å². The quantitative estimate of drug-likeness (QED) is 0.638. The molecule has 0 saturated carbocycles. The summed E-state index contributed by atoms with van der Waals surface area (Å²) in [5.41, 5.74) is 2.56. The van der Waals surface area contributed by atoms with Gasteiger partial charge in [0.25, 0.3) is 0 Å². The lowest BCUT2D eigenvalue weighted by Crippen LogP contribution is -2.12. The van der Waals surface area contributed by atoms with E-state index < -0.39 is 5.38 Å². The lowest BCUT2D eigenvalue weighted by molar-refractivity contribution is 0.0991. The Morgan fingerprint density at radius 3 is 2.68 bits per heavy atom. The number of aromatic nitrogens is 2. The number of oxazole rings is 1. The Morgan fingerprint density at radius 1 is 1.47 bits per heavy atom. The highest BCUT2D eigenvalue weighted by Crippen LogP contribution is 2.20. The van der Waals surface area contributed by atoms with Crippen molar-refractivity contribution < 1.29 is 9.21 Å². The monoisotopic (exact) mass is 280 g/mol. The molecule has 0 aliphatic carbocycles. The summed E-state index contributed by atoms with van der Waals surface area (Å²) in [4.78, 5) is 16.2. The fraction of sp³-hybridized carbons (Fsp3) is 0.429. The van der Waals surface area contributed by atoms with Gasteiger partial charge in [-0.1, -0.05) is 0 Å². The highest BCUT2D eigenvalue weighted by Gasteiger charge is 2.20. The van der Waals surface area contributed by atoms with Gasteiger partial charge in [-0.05, 0) is 33.8 Å². The summed E-state index contributed by atoms with van der Waals surface area (Å²) < 4.78 is 7.48. The number of halogens is 1. The van der Waals surface area contributed by atoms with Gasteiger partial charge in [-0.3, -0.25) is 4.79 Å². The zero-order valence-corrected chi connectivity index (χ0v) is 12.3. The third-order valence-corrected chi connectivity index (χ3v) is 3.36. The molecular formula is C14H17ClN2O2. The molecule has 2 aromatic heterocycles. The first-order valence-electron chi connectivity index (χ1n) is 6.16. The molecule has 0 spiro atoms. The van der Waals surface area contributed by atoms with Crippen LogP contribution in [-0.4, -0.2) is 20.7 Å². The Balaban J connectivity index is 2.34. The van der Waals surface area contributed by atoms with Crippen LogP contribution in [0, 0.1) is 20.8 Å². The summed E-state index contributed by atoms with van der Waals surface area (Å²) >= 11 is 5.87. The van der Waals surface area contributed by atoms with Crippen molar-refractivity contribution in [1.82, 2.24) is 9.55 Å². The van der Waals surface area contributed by atoms with Gasteiger partial charge in [-0.25, -0.2) is 4.98 Å². The van der Waals surface area contributed by atoms with E-state index in [-0.39, 0.29) is 5.78 Å². The molecule has 0 saturated heterocycles. The molecule has 0 amide bonds. The molecule has 0 aliphatic heterocycles. The van der Waals surface area contributed by atoms with Crippen LogP contribution in [0.3, 0.4) is 0 Å². The molecule has 2 rings (SSSR count). The van der Waals surface area contributed by atoms with Gasteiger partial charge in [0, 0.05) is 17.0 Å². The standard InChI is InChI=1S/C14H17ClN2O2/c1-8-5-12(14(18)10(3)15)11(4)17(8)7-13-16-6-9(2)19-13/h5-6,10H,7H2,1-4H3. The third-order valence-electron chi connectivity index (χ3n) is 3.16. The van der Waals surface area contributed by atoms with Gasteiger partial charge in [0.2, 0.25) is 5.89 Å². The van der Waals surface area contributed by atoms with Crippen LogP contribution >= 0.6 is 11.6 Å². The highest BCUT2D eigenvalue weighted by atomic mass is 35.5. The zero-order valence-electron chi connectivity index (χ0n) is 11.5. The maximum Gasteiger partial charge on any atom is 0.214 e. The first-order valence-corrected chi connectivity index (χ1v) is 6.60. The van der Waals surface area contributed by atoms with E-state index in [0.717, 1.165) is 17.1 Å². The predicted molar refractivity (Wildman–Crippen MR) is 73.9 cm³/mol. The van der Waals surface area contributed by atoms with E-state index in [1.807, 2.05) is 31.4 Å². The number of alkyl halides is 1. The summed E-state index contributed by atoms with van der Waals surface area (Å²) in [6.45, 7) is 7.94. The van der Waals surface area contributed by atoms with E-state index in [1.165, 1.54) is 0 Å². The number of carbonyl (C=O) groups is 1. The summed E-state index contributed by atoms with van der Waals surface area (Å²) in [7, 11) is 0. The number of aryl methyl sites for hydroxylation is 2. The molecule has 0 aromatic carbocycles. The van der Waals surface area contributed by atoms with E-state index in [0.29, 0.717) is 18.0 Å². The number of rotatable bonds is 4. The molecule has 0 fully saturated rings. The van der Waals surface area contributed by atoms with Gasteiger partial charge in [0.15, 0.2) is 5.78 Å². The fourth-order valence-corrected chi connectivity index (χ4v) is 2.24.